The Morgan fingerprint density at radius 3 is 1.29 bits per heavy atom. The van der Waals surface area contributed by atoms with Crippen LogP contribution < -0.4 is 0 Å². The van der Waals surface area contributed by atoms with Crippen LogP contribution in [-0.2, 0) is 0 Å². The number of rotatable bonds is 14. The third-order valence-corrected chi connectivity index (χ3v) is 6.19. The summed E-state index contributed by atoms with van der Waals surface area (Å²) in [4.78, 5) is 0. The summed E-state index contributed by atoms with van der Waals surface area (Å²) in [6.07, 6.45) is 32.9. The largest absolute Gasteiger partial charge is 0.0654 e. The first-order valence-corrected chi connectivity index (χ1v) is 11.9. The quantitative estimate of drug-likeness (QED) is 0.277. The van der Waals surface area contributed by atoms with E-state index in [4.69, 9.17) is 0 Å². The zero-order chi connectivity index (χ0) is 17.1. The van der Waals surface area contributed by atoms with Gasteiger partial charge in [0.1, 0.15) is 0 Å². The van der Waals surface area contributed by atoms with Crippen molar-refractivity contribution in [3.8, 4) is 0 Å². The molecule has 1 aliphatic rings. The Bertz CT molecular complexity index is 222. The van der Waals surface area contributed by atoms with Crippen molar-refractivity contribution in [3.63, 3.8) is 0 Å². The Kier molecular flexibility index (Phi) is 16.4. The van der Waals surface area contributed by atoms with Gasteiger partial charge in [-0.2, -0.15) is 0 Å². The first-order chi connectivity index (χ1) is 11.9. The highest BCUT2D eigenvalue weighted by Gasteiger charge is 2.10. The van der Waals surface area contributed by atoms with Gasteiger partial charge in [0, 0.05) is 0 Å². The lowest BCUT2D eigenvalue weighted by molar-refractivity contribution is 0.381. The van der Waals surface area contributed by atoms with Crippen LogP contribution in [0.1, 0.15) is 148 Å². The zero-order valence-corrected chi connectivity index (χ0v) is 17.1. The molecular weight excluding hydrogens is 288 g/mol. The van der Waals surface area contributed by atoms with E-state index in [2.05, 4.69) is 6.92 Å². The van der Waals surface area contributed by atoms with Crippen molar-refractivity contribution in [3.05, 3.63) is 0 Å². The predicted molar refractivity (Wildman–Crippen MR) is 111 cm³/mol. The van der Waals surface area contributed by atoms with Crippen LogP contribution in [0.5, 0.6) is 0 Å². The highest BCUT2D eigenvalue weighted by molar-refractivity contribution is 4.63. The molecule has 1 rings (SSSR count). The summed E-state index contributed by atoms with van der Waals surface area (Å²) in [6.45, 7) is 2.30. The van der Waals surface area contributed by atoms with Crippen LogP contribution in [0, 0.1) is 5.92 Å². The molecule has 0 atom stereocenters. The van der Waals surface area contributed by atoms with Crippen LogP contribution in [-0.4, -0.2) is 0 Å². The predicted octanol–water partition coefficient (Wildman–Crippen LogP) is 9.22. The first kappa shape index (κ1) is 22.0. The summed E-state index contributed by atoms with van der Waals surface area (Å²) in [5.74, 6) is 1.08. The van der Waals surface area contributed by atoms with E-state index in [0.29, 0.717) is 0 Å². The van der Waals surface area contributed by atoms with Gasteiger partial charge < -0.3 is 0 Å². The minimum atomic E-state index is 1.08. The summed E-state index contributed by atoms with van der Waals surface area (Å²) in [5, 5.41) is 0. The zero-order valence-electron chi connectivity index (χ0n) is 17.1. The van der Waals surface area contributed by atoms with Crippen molar-refractivity contribution < 1.29 is 0 Å². The highest BCUT2D eigenvalue weighted by Crippen LogP contribution is 2.26. The first-order valence-electron chi connectivity index (χ1n) is 11.9. The Balaban J connectivity index is 1.79. The average molecular weight is 337 g/mol. The molecule has 0 aromatic rings. The molecule has 0 heteroatoms. The average Bonchev–Trinajstić information content (AvgIpc) is 2.73. The summed E-state index contributed by atoms with van der Waals surface area (Å²) in [5.41, 5.74) is 0. The number of hydrogen-bond donors (Lipinski definition) is 0. The topological polar surface area (TPSA) is 0 Å². The molecule has 0 spiro atoms. The second-order valence-corrected chi connectivity index (χ2v) is 8.60. The SMILES string of the molecule is CCCCCCCCCCCCCCCC1CCCCCCCC1. The lowest BCUT2D eigenvalue weighted by atomic mass is 9.91. The molecule has 0 saturated heterocycles. The molecule has 0 bridgehead atoms. The minimum Gasteiger partial charge on any atom is -0.0654 e. The molecule has 0 unspecified atom stereocenters. The van der Waals surface area contributed by atoms with Gasteiger partial charge in [-0.05, 0) is 5.92 Å². The van der Waals surface area contributed by atoms with Gasteiger partial charge in [0.15, 0.2) is 0 Å². The van der Waals surface area contributed by atoms with Gasteiger partial charge in [-0.25, -0.2) is 0 Å². The highest BCUT2D eigenvalue weighted by atomic mass is 14.2. The monoisotopic (exact) mass is 336 g/mol. The van der Waals surface area contributed by atoms with Gasteiger partial charge in [0.05, 0.1) is 0 Å². The molecule has 0 aromatic carbocycles. The molecule has 0 heterocycles. The molecule has 24 heavy (non-hydrogen) atoms. The molecule has 0 amide bonds. The van der Waals surface area contributed by atoms with E-state index in [0.717, 1.165) is 5.92 Å². The molecule has 1 saturated carbocycles. The van der Waals surface area contributed by atoms with Crippen molar-refractivity contribution in [1.82, 2.24) is 0 Å². The molecule has 0 aliphatic heterocycles. The molecule has 144 valence electrons. The Morgan fingerprint density at radius 2 is 0.833 bits per heavy atom. The normalized spacial score (nSPS) is 17.4. The van der Waals surface area contributed by atoms with Gasteiger partial charge >= 0.3 is 0 Å². The van der Waals surface area contributed by atoms with Gasteiger partial charge in [0.2, 0.25) is 0 Å². The van der Waals surface area contributed by atoms with E-state index >= 15 is 0 Å². The van der Waals surface area contributed by atoms with Crippen LogP contribution in [0.3, 0.4) is 0 Å². The fraction of sp³-hybridized carbons (Fsp3) is 1.00. The maximum atomic E-state index is 2.30. The van der Waals surface area contributed by atoms with E-state index in [1.54, 1.807) is 0 Å². The van der Waals surface area contributed by atoms with Crippen molar-refractivity contribution in [2.24, 2.45) is 5.92 Å². The van der Waals surface area contributed by atoms with Gasteiger partial charge in [-0.15, -0.1) is 0 Å². The van der Waals surface area contributed by atoms with Crippen LogP contribution in [0.4, 0.5) is 0 Å². The summed E-state index contributed by atoms with van der Waals surface area (Å²) in [6, 6.07) is 0. The van der Waals surface area contributed by atoms with Gasteiger partial charge in [-0.3, -0.25) is 0 Å². The summed E-state index contributed by atoms with van der Waals surface area (Å²) in [7, 11) is 0. The second-order valence-electron chi connectivity index (χ2n) is 8.60. The molecule has 0 radical (unpaired) electrons. The maximum absolute atomic E-state index is 2.30. The molecule has 0 N–H and O–H groups in total. The van der Waals surface area contributed by atoms with Crippen LogP contribution >= 0.6 is 0 Å². The Hall–Kier alpha value is 0. The lowest BCUT2D eigenvalue weighted by Gasteiger charge is -2.15. The standard InChI is InChI=1S/C24H48/c1-2-3-4-5-6-7-8-9-10-11-12-15-18-21-24-22-19-16-13-14-17-20-23-24/h24H,2-23H2,1H3. The lowest BCUT2D eigenvalue weighted by Crippen LogP contribution is -2.00. The van der Waals surface area contributed by atoms with E-state index in [-0.39, 0.29) is 0 Å². The number of unbranched alkanes of at least 4 members (excludes halogenated alkanes) is 12. The summed E-state index contributed by atoms with van der Waals surface area (Å²) < 4.78 is 0. The molecular formula is C24H48. The maximum Gasteiger partial charge on any atom is -0.0414 e. The fourth-order valence-electron chi connectivity index (χ4n) is 4.46. The van der Waals surface area contributed by atoms with Gasteiger partial charge in [-0.1, -0.05) is 148 Å². The van der Waals surface area contributed by atoms with E-state index in [1.807, 2.05) is 0 Å². The Labute approximate surface area is 154 Å². The molecule has 0 nitrogen and oxygen atoms in total. The van der Waals surface area contributed by atoms with Crippen molar-refractivity contribution >= 4 is 0 Å². The van der Waals surface area contributed by atoms with Crippen LogP contribution in [0.2, 0.25) is 0 Å². The van der Waals surface area contributed by atoms with Gasteiger partial charge in [0.25, 0.3) is 0 Å². The third-order valence-electron chi connectivity index (χ3n) is 6.19. The summed E-state index contributed by atoms with van der Waals surface area (Å²) >= 11 is 0. The molecule has 1 fully saturated rings. The van der Waals surface area contributed by atoms with Crippen molar-refractivity contribution in [2.75, 3.05) is 0 Å². The van der Waals surface area contributed by atoms with Crippen LogP contribution in [0.25, 0.3) is 0 Å². The third kappa shape index (κ3) is 14.4. The van der Waals surface area contributed by atoms with E-state index in [9.17, 15) is 0 Å². The Morgan fingerprint density at radius 1 is 0.458 bits per heavy atom. The van der Waals surface area contributed by atoms with Crippen LogP contribution in [0.15, 0.2) is 0 Å². The van der Waals surface area contributed by atoms with Crippen molar-refractivity contribution in [1.29, 1.82) is 0 Å². The molecule has 0 aromatic heterocycles. The minimum absolute atomic E-state index is 1.08. The van der Waals surface area contributed by atoms with E-state index in [1.165, 1.54) is 141 Å². The second kappa shape index (κ2) is 17.8. The molecule has 1 aliphatic carbocycles. The number of hydrogen-bond acceptors (Lipinski definition) is 0. The van der Waals surface area contributed by atoms with Crippen molar-refractivity contribution in [2.45, 2.75) is 148 Å². The van der Waals surface area contributed by atoms with E-state index < -0.39 is 0 Å². The smallest absolute Gasteiger partial charge is 0.0414 e. The fourth-order valence-corrected chi connectivity index (χ4v) is 4.46.